The van der Waals surface area contributed by atoms with E-state index in [1.165, 1.54) is 0 Å². The summed E-state index contributed by atoms with van der Waals surface area (Å²) in [4.78, 5) is 27.4. The number of ketones is 1. The molecular weight excluding hydrogens is 232 g/mol. The third-order valence-electron chi connectivity index (χ3n) is 3.21. The van der Waals surface area contributed by atoms with Crippen LogP contribution in [-0.2, 0) is 14.3 Å². The number of ether oxygens (including phenoxy) is 1. The lowest BCUT2D eigenvalue weighted by molar-refractivity contribution is -0.145. The monoisotopic (exact) mass is 256 g/mol. The molecule has 1 aliphatic heterocycles. The van der Waals surface area contributed by atoms with Crippen molar-refractivity contribution >= 4 is 11.8 Å². The maximum Gasteiger partial charge on any atom is 0.313 e. The van der Waals surface area contributed by atoms with Crippen molar-refractivity contribution in [3.8, 4) is 0 Å². The number of likely N-dealkylation sites (N-methyl/N-ethyl adjacent to an activating group) is 1. The summed E-state index contributed by atoms with van der Waals surface area (Å²) in [5.74, 6) is -0.466. The summed E-state index contributed by atoms with van der Waals surface area (Å²) >= 11 is 0. The summed E-state index contributed by atoms with van der Waals surface area (Å²) in [7, 11) is 2.10. The van der Waals surface area contributed by atoms with Crippen LogP contribution in [0.1, 0.15) is 26.7 Å². The van der Waals surface area contributed by atoms with E-state index in [2.05, 4.69) is 23.8 Å². The predicted octanol–water partition coefficient (Wildman–Crippen LogP) is 0.535. The van der Waals surface area contributed by atoms with Crippen LogP contribution < -0.4 is 0 Å². The van der Waals surface area contributed by atoms with Crippen molar-refractivity contribution in [2.24, 2.45) is 0 Å². The Morgan fingerprint density at radius 1 is 1.33 bits per heavy atom. The van der Waals surface area contributed by atoms with Gasteiger partial charge in [0.1, 0.15) is 6.42 Å². The highest BCUT2D eigenvalue weighted by Gasteiger charge is 2.22. The number of hydrogen-bond acceptors (Lipinski definition) is 5. The maximum absolute atomic E-state index is 11.8. The lowest BCUT2D eigenvalue weighted by Crippen LogP contribution is -2.41. The van der Waals surface area contributed by atoms with Crippen molar-refractivity contribution in [3.63, 3.8) is 0 Å². The first-order valence-corrected chi connectivity index (χ1v) is 6.62. The van der Waals surface area contributed by atoms with Gasteiger partial charge in [0.15, 0.2) is 5.78 Å². The number of carbonyl (C=O) groups is 2. The highest BCUT2D eigenvalue weighted by atomic mass is 16.5. The van der Waals surface area contributed by atoms with Crippen molar-refractivity contribution in [2.45, 2.75) is 32.7 Å². The summed E-state index contributed by atoms with van der Waals surface area (Å²) in [5.41, 5.74) is 0. The maximum atomic E-state index is 11.8. The van der Waals surface area contributed by atoms with Crippen LogP contribution in [0.25, 0.3) is 0 Å². The van der Waals surface area contributed by atoms with Crippen LogP contribution >= 0.6 is 0 Å². The smallest absolute Gasteiger partial charge is 0.313 e. The van der Waals surface area contributed by atoms with Crippen molar-refractivity contribution < 1.29 is 14.3 Å². The summed E-state index contributed by atoms with van der Waals surface area (Å²) in [6, 6.07) is 0.351. The minimum absolute atomic E-state index is 0.0511. The third kappa shape index (κ3) is 5.14. The second-order valence-corrected chi connectivity index (χ2v) is 4.96. The van der Waals surface area contributed by atoms with E-state index in [1.807, 2.05) is 0 Å². The molecule has 104 valence electrons. The molecule has 0 aromatic rings. The van der Waals surface area contributed by atoms with Crippen LogP contribution in [0.4, 0.5) is 0 Å². The van der Waals surface area contributed by atoms with Crippen molar-refractivity contribution in [1.82, 2.24) is 9.80 Å². The molecule has 1 unspecified atom stereocenters. The molecule has 0 radical (unpaired) electrons. The molecule has 5 nitrogen and oxygen atoms in total. The van der Waals surface area contributed by atoms with Gasteiger partial charge in [0.25, 0.3) is 0 Å². The zero-order chi connectivity index (χ0) is 13.5. The lowest BCUT2D eigenvalue weighted by atomic mass is 10.2. The fourth-order valence-electron chi connectivity index (χ4n) is 2.31. The number of nitrogens with zero attached hydrogens (tertiary/aromatic N) is 2. The number of esters is 1. The standard InChI is InChI=1S/C13H24N2O3/c1-4-18-13(17)8-12(16)10-15-7-5-6-14(3)9-11(15)2/h11H,4-10H2,1-3H3. The van der Waals surface area contributed by atoms with Crippen molar-refractivity contribution in [2.75, 3.05) is 39.8 Å². The molecule has 0 saturated carbocycles. The molecule has 0 amide bonds. The van der Waals surface area contributed by atoms with E-state index in [-0.39, 0.29) is 12.2 Å². The molecule has 0 bridgehead atoms. The van der Waals surface area contributed by atoms with Gasteiger partial charge in [0, 0.05) is 19.1 Å². The Morgan fingerprint density at radius 2 is 2.06 bits per heavy atom. The van der Waals surface area contributed by atoms with Crippen LogP contribution in [0.2, 0.25) is 0 Å². The van der Waals surface area contributed by atoms with E-state index in [4.69, 9.17) is 4.74 Å². The third-order valence-corrected chi connectivity index (χ3v) is 3.21. The van der Waals surface area contributed by atoms with Gasteiger partial charge in [0.05, 0.1) is 13.2 Å². The predicted molar refractivity (Wildman–Crippen MR) is 69.4 cm³/mol. The normalized spacial score (nSPS) is 22.5. The molecule has 0 aliphatic carbocycles. The Bertz CT molecular complexity index is 294. The molecule has 0 N–H and O–H groups in total. The number of rotatable bonds is 5. The fraction of sp³-hybridized carbons (Fsp3) is 0.846. The molecule has 1 fully saturated rings. The Morgan fingerprint density at radius 3 is 2.72 bits per heavy atom. The second kappa shape index (κ2) is 7.48. The lowest BCUT2D eigenvalue weighted by Gasteiger charge is -2.26. The van der Waals surface area contributed by atoms with Gasteiger partial charge in [-0.1, -0.05) is 0 Å². The largest absolute Gasteiger partial charge is 0.466 e. The van der Waals surface area contributed by atoms with Crippen LogP contribution in [0.3, 0.4) is 0 Å². The van der Waals surface area contributed by atoms with Gasteiger partial charge in [-0.15, -0.1) is 0 Å². The van der Waals surface area contributed by atoms with Gasteiger partial charge in [-0.05, 0) is 33.9 Å². The van der Waals surface area contributed by atoms with Crippen LogP contribution in [0, 0.1) is 0 Å². The van der Waals surface area contributed by atoms with Crippen LogP contribution in [0.5, 0.6) is 0 Å². The summed E-state index contributed by atoms with van der Waals surface area (Å²) in [6.07, 6.45) is 0.959. The van der Waals surface area contributed by atoms with Gasteiger partial charge >= 0.3 is 5.97 Å². The minimum atomic E-state index is -0.415. The summed E-state index contributed by atoms with van der Waals surface area (Å²) < 4.78 is 4.78. The van der Waals surface area contributed by atoms with E-state index >= 15 is 0 Å². The highest BCUT2D eigenvalue weighted by Crippen LogP contribution is 2.08. The summed E-state index contributed by atoms with van der Waals surface area (Å²) in [6.45, 7) is 7.50. The number of hydrogen-bond donors (Lipinski definition) is 0. The second-order valence-electron chi connectivity index (χ2n) is 4.96. The molecule has 0 aromatic heterocycles. The fourth-order valence-corrected chi connectivity index (χ4v) is 2.31. The molecule has 0 aromatic carbocycles. The Kier molecular flexibility index (Phi) is 6.29. The molecule has 1 atom stereocenters. The Hall–Kier alpha value is -0.940. The van der Waals surface area contributed by atoms with Crippen molar-refractivity contribution in [3.05, 3.63) is 0 Å². The summed E-state index contributed by atoms with van der Waals surface area (Å²) in [5, 5.41) is 0. The topological polar surface area (TPSA) is 49.9 Å². The zero-order valence-electron chi connectivity index (χ0n) is 11.6. The van der Waals surface area contributed by atoms with Crippen molar-refractivity contribution in [1.29, 1.82) is 0 Å². The van der Waals surface area contributed by atoms with E-state index in [1.54, 1.807) is 6.92 Å². The van der Waals surface area contributed by atoms with Gasteiger partial charge in [-0.2, -0.15) is 0 Å². The quantitative estimate of drug-likeness (QED) is 0.530. The molecular formula is C13H24N2O3. The SMILES string of the molecule is CCOC(=O)CC(=O)CN1CCCN(C)CC1C. The number of carbonyl (C=O) groups excluding carboxylic acids is 2. The Balaban J connectivity index is 2.40. The van der Waals surface area contributed by atoms with E-state index in [0.717, 1.165) is 26.1 Å². The number of Topliss-reactive ketones (excluding diaryl/α,β-unsaturated/α-hetero) is 1. The van der Waals surface area contributed by atoms with E-state index in [0.29, 0.717) is 19.2 Å². The van der Waals surface area contributed by atoms with Gasteiger partial charge < -0.3 is 9.64 Å². The molecule has 18 heavy (non-hydrogen) atoms. The van der Waals surface area contributed by atoms with Gasteiger partial charge in [-0.25, -0.2) is 0 Å². The van der Waals surface area contributed by atoms with Crippen LogP contribution in [-0.4, -0.2) is 67.4 Å². The first kappa shape index (κ1) is 15.1. The molecule has 1 saturated heterocycles. The molecule has 0 spiro atoms. The highest BCUT2D eigenvalue weighted by molar-refractivity contribution is 5.96. The van der Waals surface area contributed by atoms with E-state index < -0.39 is 5.97 Å². The molecule has 5 heteroatoms. The average molecular weight is 256 g/mol. The average Bonchev–Trinajstić information content (AvgIpc) is 2.41. The zero-order valence-corrected chi connectivity index (χ0v) is 11.6. The first-order valence-electron chi connectivity index (χ1n) is 6.62. The van der Waals surface area contributed by atoms with Gasteiger partial charge in [-0.3, -0.25) is 14.5 Å². The Labute approximate surface area is 109 Å². The molecule has 1 rings (SSSR count). The van der Waals surface area contributed by atoms with E-state index in [9.17, 15) is 9.59 Å². The molecule has 1 heterocycles. The van der Waals surface area contributed by atoms with Crippen LogP contribution in [0.15, 0.2) is 0 Å². The minimum Gasteiger partial charge on any atom is -0.466 e. The van der Waals surface area contributed by atoms with Gasteiger partial charge in [0.2, 0.25) is 0 Å². The molecule has 1 aliphatic rings. The first-order chi connectivity index (χ1) is 8.52.